The summed E-state index contributed by atoms with van der Waals surface area (Å²) in [7, 11) is 0. The normalized spacial score (nSPS) is 22.2. The number of piperidine rings is 1. The quantitative estimate of drug-likeness (QED) is 0.742. The Hall–Kier alpha value is -1.53. The van der Waals surface area contributed by atoms with E-state index >= 15 is 0 Å². The first-order valence-corrected chi connectivity index (χ1v) is 11.6. The molecule has 0 saturated carbocycles. The highest BCUT2D eigenvalue weighted by molar-refractivity contribution is 8.00. The SMILES string of the molecule is O=C1CSC(c2ccc(Cl)cc2)N1CCCN1CCC(O)(c2ccccc2)CC1. The van der Waals surface area contributed by atoms with Crippen molar-refractivity contribution in [2.45, 2.75) is 30.2 Å². The number of carbonyl (C=O) groups is 1. The van der Waals surface area contributed by atoms with Crippen LogP contribution in [0.3, 0.4) is 0 Å². The minimum absolute atomic E-state index is 0.0873. The number of thioether (sulfide) groups is 1. The van der Waals surface area contributed by atoms with E-state index in [1.165, 1.54) is 0 Å². The number of carbonyl (C=O) groups excluding carboxylic acids is 1. The molecule has 1 unspecified atom stereocenters. The minimum Gasteiger partial charge on any atom is -0.385 e. The molecule has 0 bridgehead atoms. The van der Waals surface area contributed by atoms with Gasteiger partial charge in [-0.2, -0.15) is 0 Å². The van der Waals surface area contributed by atoms with Crippen LogP contribution < -0.4 is 0 Å². The number of rotatable bonds is 6. The van der Waals surface area contributed by atoms with E-state index in [2.05, 4.69) is 4.90 Å². The van der Waals surface area contributed by atoms with Gasteiger partial charge in [0.05, 0.1) is 11.4 Å². The highest BCUT2D eigenvalue weighted by Gasteiger charge is 2.35. The summed E-state index contributed by atoms with van der Waals surface area (Å²) < 4.78 is 0. The summed E-state index contributed by atoms with van der Waals surface area (Å²) in [5.74, 6) is 0.758. The van der Waals surface area contributed by atoms with Gasteiger partial charge >= 0.3 is 0 Å². The van der Waals surface area contributed by atoms with Crippen molar-refractivity contribution >= 4 is 29.3 Å². The Kier molecular flexibility index (Phi) is 6.50. The number of aliphatic hydroxyl groups is 1. The van der Waals surface area contributed by atoms with E-state index in [0.717, 1.165) is 61.6 Å². The number of halogens is 1. The number of likely N-dealkylation sites (tertiary alicyclic amines) is 1. The summed E-state index contributed by atoms with van der Waals surface area (Å²) in [5, 5.41) is 11.8. The first kappa shape index (κ1) is 20.7. The lowest BCUT2D eigenvalue weighted by molar-refractivity contribution is -0.128. The number of amides is 1. The Balaban J connectivity index is 1.28. The second-order valence-electron chi connectivity index (χ2n) is 7.89. The molecule has 2 saturated heterocycles. The monoisotopic (exact) mass is 430 g/mol. The molecule has 0 aliphatic carbocycles. The molecule has 2 heterocycles. The summed E-state index contributed by atoms with van der Waals surface area (Å²) in [6, 6.07) is 17.8. The van der Waals surface area contributed by atoms with Crippen molar-refractivity contribution in [3.05, 3.63) is 70.7 Å². The molecule has 29 heavy (non-hydrogen) atoms. The number of nitrogens with zero attached hydrogens (tertiary/aromatic N) is 2. The van der Waals surface area contributed by atoms with Crippen LogP contribution in [0, 0.1) is 0 Å². The molecule has 0 radical (unpaired) electrons. The molecule has 2 aromatic rings. The van der Waals surface area contributed by atoms with E-state index in [4.69, 9.17) is 11.6 Å². The topological polar surface area (TPSA) is 43.8 Å². The number of hydrogen-bond acceptors (Lipinski definition) is 4. The zero-order valence-electron chi connectivity index (χ0n) is 16.5. The third-order valence-electron chi connectivity index (χ3n) is 5.99. The van der Waals surface area contributed by atoms with E-state index in [9.17, 15) is 9.90 Å². The standard InChI is InChI=1S/C23H27ClN2O2S/c24-20-9-7-18(8-10-20)22-26(21(27)17-29-22)14-4-13-25-15-11-23(28,12-16-25)19-5-2-1-3-6-19/h1-3,5-10,22,28H,4,11-17H2. The minimum atomic E-state index is -0.709. The van der Waals surface area contributed by atoms with Crippen molar-refractivity contribution in [2.24, 2.45) is 0 Å². The summed E-state index contributed by atoms with van der Waals surface area (Å²) in [6.07, 6.45) is 2.45. The molecular formula is C23H27ClN2O2S. The third-order valence-corrected chi connectivity index (χ3v) is 7.50. The lowest BCUT2D eigenvalue weighted by Crippen LogP contribution is -2.43. The zero-order valence-corrected chi connectivity index (χ0v) is 18.0. The van der Waals surface area contributed by atoms with Crippen molar-refractivity contribution in [3.8, 4) is 0 Å². The highest BCUT2D eigenvalue weighted by Crippen LogP contribution is 2.39. The first-order chi connectivity index (χ1) is 14.0. The molecule has 2 aromatic carbocycles. The molecule has 6 heteroatoms. The predicted octanol–water partition coefficient (Wildman–Crippen LogP) is 4.29. The van der Waals surface area contributed by atoms with E-state index in [1.807, 2.05) is 59.5 Å². The largest absolute Gasteiger partial charge is 0.385 e. The van der Waals surface area contributed by atoms with Crippen LogP contribution in [-0.2, 0) is 10.4 Å². The Bertz CT molecular complexity index is 823. The van der Waals surface area contributed by atoms with Crippen LogP contribution >= 0.6 is 23.4 Å². The summed E-state index contributed by atoms with van der Waals surface area (Å²) in [6.45, 7) is 3.48. The smallest absolute Gasteiger partial charge is 0.233 e. The van der Waals surface area contributed by atoms with Gasteiger partial charge < -0.3 is 14.9 Å². The lowest BCUT2D eigenvalue weighted by atomic mass is 9.84. The maximum atomic E-state index is 12.4. The molecule has 1 N–H and O–H groups in total. The van der Waals surface area contributed by atoms with Crippen molar-refractivity contribution in [1.29, 1.82) is 0 Å². The Morgan fingerprint density at radius 3 is 2.41 bits per heavy atom. The fourth-order valence-electron chi connectivity index (χ4n) is 4.25. The maximum absolute atomic E-state index is 12.4. The average Bonchev–Trinajstić information content (AvgIpc) is 3.11. The van der Waals surface area contributed by atoms with E-state index in [-0.39, 0.29) is 11.3 Å². The predicted molar refractivity (Wildman–Crippen MR) is 119 cm³/mol. The fourth-order valence-corrected chi connectivity index (χ4v) is 5.59. The van der Waals surface area contributed by atoms with Gasteiger partial charge in [0.25, 0.3) is 0 Å². The van der Waals surface area contributed by atoms with Gasteiger partial charge in [-0.05, 0) is 49.1 Å². The Morgan fingerprint density at radius 1 is 1.03 bits per heavy atom. The van der Waals surface area contributed by atoms with E-state index in [1.54, 1.807) is 11.8 Å². The molecule has 0 spiro atoms. The van der Waals surface area contributed by atoms with Crippen LogP contribution in [0.4, 0.5) is 0 Å². The van der Waals surface area contributed by atoms with Gasteiger partial charge in [0.1, 0.15) is 5.37 Å². The average molecular weight is 431 g/mol. The molecule has 2 fully saturated rings. The summed E-state index contributed by atoms with van der Waals surface area (Å²) in [5.41, 5.74) is 1.44. The van der Waals surface area contributed by atoms with Gasteiger partial charge in [-0.15, -0.1) is 11.8 Å². The van der Waals surface area contributed by atoms with Gasteiger partial charge in [0.15, 0.2) is 0 Å². The Morgan fingerprint density at radius 2 is 1.72 bits per heavy atom. The van der Waals surface area contributed by atoms with Crippen LogP contribution in [-0.4, -0.2) is 52.7 Å². The van der Waals surface area contributed by atoms with E-state index in [0.29, 0.717) is 5.75 Å². The van der Waals surface area contributed by atoms with Crippen LogP contribution in [0.5, 0.6) is 0 Å². The number of benzene rings is 2. The molecule has 2 aliphatic heterocycles. The van der Waals surface area contributed by atoms with Crippen molar-refractivity contribution in [2.75, 3.05) is 31.9 Å². The highest BCUT2D eigenvalue weighted by atomic mass is 35.5. The van der Waals surface area contributed by atoms with Crippen molar-refractivity contribution in [3.63, 3.8) is 0 Å². The van der Waals surface area contributed by atoms with Crippen LogP contribution in [0.25, 0.3) is 0 Å². The molecule has 2 aliphatic rings. The van der Waals surface area contributed by atoms with E-state index < -0.39 is 5.60 Å². The van der Waals surface area contributed by atoms with Gasteiger partial charge in [-0.1, -0.05) is 54.1 Å². The molecule has 4 nitrogen and oxygen atoms in total. The lowest BCUT2D eigenvalue weighted by Gasteiger charge is -2.38. The van der Waals surface area contributed by atoms with Gasteiger partial charge in [0, 0.05) is 24.7 Å². The van der Waals surface area contributed by atoms with Gasteiger partial charge in [0.2, 0.25) is 5.91 Å². The van der Waals surface area contributed by atoms with Gasteiger partial charge in [-0.25, -0.2) is 0 Å². The Labute approximate surface area is 181 Å². The summed E-state index contributed by atoms with van der Waals surface area (Å²) in [4.78, 5) is 16.8. The molecular weight excluding hydrogens is 404 g/mol. The fraction of sp³-hybridized carbons (Fsp3) is 0.435. The van der Waals surface area contributed by atoms with Gasteiger partial charge in [-0.3, -0.25) is 4.79 Å². The van der Waals surface area contributed by atoms with Crippen LogP contribution in [0.15, 0.2) is 54.6 Å². The molecule has 1 amide bonds. The van der Waals surface area contributed by atoms with Crippen LogP contribution in [0.1, 0.15) is 35.8 Å². The molecule has 0 aromatic heterocycles. The van der Waals surface area contributed by atoms with Crippen molar-refractivity contribution < 1.29 is 9.90 Å². The number of hydrogen-bond donors (Lipinski definition) is 1. The van der Waals surface area contributed by atoms with Crippen molar-refractivity contribution in [1.82, 2.24) is 9.80 Å². The molecule has 154 valence electrons. The second-order valence-corrected chi connectivity index (χ2v) is 9.40. The third kappa shape index (κ3) is 4.80. The second kappa shape index (κ2) is 9.09. The molecule has 1 atom stereocenters. The summed E-state index contributed by atoms with van der Waals surface area (Å²) >= 11 is 7.69. The maximum Gasteiger partial charge on any atom is 0.233 e. The molecule has 4 rings (SSSR count). The zero-order chi connectivity index (χ0) is 20.3. The van der Waals surface area contributed by atoms with Crippen LogP contribution in [0.2, 0.25) is 5.02 Å². The first-order valence-electron chi connectivity index (χ1n) is 10.2.